The van der Waals surface area contributed by atoms with Crippen molar-refractivity contribution in [2.45, 2.75) is 6.61 Å². The molecule has 0 radical (unpaired) electrons. The molecule has 0 aliphatic carbocycles. The van der Waals surface area contributed by atoms with Crippen LogP contribution >= 0.6 is 0 Å². The number of carbonyl (C=O) groups is 1. The number of aromatic nitrogens is 1. The van der Waals surface area contributed by atoms with Crippen molar-refractivity contribution in [2.24, 2.45) is 0 Å². The van der Waals surface area contributed by atoms with E-state index < -0.39 is 5.63 Å². The highest BCUT2D eigenvalue weighted by Gasteiger charge is 2.10. The van der Waals surface area contributed by atoms with Crippen molar-refractivity contribution in [1.29, 1.82) is 0 Å². The van der Waals surface area contributed by atoms with E-state index in [1.54, 1.807) is 62.0 Å². The number of methoxy groups -OCH3 is 1. The SMILES string of the molecule is COc1ccc(NC(=O)COc2ccc3ccc(=O)oc3c2)cc1OCc1cccnc1. The van der Waals surface area contributed by atoms with Crippen LogP contribution in [0.1, 0.15) is 5.56 Å². The first kappa shape index (κ1) is 20.9. The molecule has 0 fully saturated rings. The summed E-state index contributed by atoms with van der Waals surface area (Å²) in [6, 6.07) is 16.9. The van der Waals surface area contributed by atoms with Crippen molar-refractivity contribution in [3.63, 3.8) is 0 Å². The van der Waals surface area contributed by atoms with Crippen LogP contribution in [0.3, 0.4) is 0 Å². The van der Waals surface area contributed by atoms with Crippen molar-refractivity contribution in [3.05, 3.63) is 89.0 Å². The normalized spacial score (nSPS) is 10.5. The molecule has 8 nitrogen and oxygen atoms in total. The third-order valence-electron chi connectivity index (χ3n) is 4.53. The van der Waals surface area contributed by atoms with Crippen LogP contribution in [0.4, 0.5) is 5.69 Å². The molecule has 8 heteroatoms. The Kier molecular flexibility index (Phi) is 6.31. The van der Waals surface area contributed by atoms with E-state index in [1.165, 1.54) is 6.07 Å². The second kappa shape index (κ2) is 9.65. The molecular weight excluding hydrogens is 412 g/mol. The first-order valence-corrected chi connectivity index (χ1v) is 9.77. The Morgan fingerprint density at radius 2 is 1.91 bits per heavy atom. The predicted molar refractivity (Wildman–Crippen MR) is 118 cm³/mol. The summed E-state index contributed by atoms with van der Waals surface area (Å²) in [6.07, 6.45) is 3.41. The fourth-order valence-corrected chi connectivity index (χ4v) is 2.99. The molecule has 1 N–H and O–H groups in total. The first-order chi connectivity index (χ1) is 15.6. The predicted octanol–water partition coefficient (Wildman–Crippen LogP) is 3.79. The van der Waals surface area contributed by atoms with E-state index in [1.807, 2.05) is 12.1 Å². The number of carbonyl (C=O) groups excluding carboxylic acids is 1. The molecule has 2 heterocycles. The minimum absolute atomic E-state index is 0.222. The maximum atomic E-state index is 12.4. The maximum absolute atomic E-state index is 12.4. The minimum Gasteiger partial charge on any atom is -0.493 e. The van der Waals surface area contributed by atoms with Gasteiger partial charge < -0.3 is 23.9 Å². The van der Waals surface area contributed by atoms with Crippen LogP contribution in [0.15, 0.2) is 82.3 Å². The van der Waals surface area contributed by atoms with Crippen LogP contribution in [-0.2, 0) is 11.4 Å². The van der Waals surface area contributed by atoms with Crippen LogP contribution in [0.5, 0.6) is 17.2 Å². The zero-order chi connectivity index (χ0) is 22.3. The Balaban J connectivity index is 1.38. The maximum Gasteiger partial charge on any atom is 0.336 e. The zero-order valence-electron chi connectivity index (χ0n) is 17.2. The van der Waals surface area contributed by atoms with Crippen molar-refractivity contribution >= 4 is 22.6 Å². The summed E-state index contributed by atoms with van der Waals surface area (Å²) in [5, 5.41) is 3.53. The van der Waals surface area contributed by atoms with E-state index in [0.29, 0.717) is 35.1 Å². The Morgan fingerprint density at radius 3 is 2.72 bits per heavy atom. The second-order valence-corrected chi connectivity index (χ2v) is 6.81. The topological polar surface area (TPSA) is 99.9 Å². The summed E-state index contributed by atoms with van der Waals surface area (Å²) >= 11 is 0. The number of ether oxygens (including phenoxy) is 3. The number of hydrogen-bond acceptors (Lipinski definition) is 7. The van der Waals surface area contributed by atoms with Gasteiger partial charge in [-0.25, -0.2) is 4.79 Å². The third-order valence-corrected chi connectivity index (χ3v) is 4.53. The van der Waals surface area contributed by atoms with E-state index >= 15 is 0 Å². The molecule has 4 aromatic rings. The monoisotopic (exact) mass is 432 g/mol. The Hall–Kier alpha value is -4.33. The van der Waals surface area contributed by atoms with E-state index in [0.717, 1.165) is 10.9 Å². The van der Waals surface area contributed by atoms with Crippen LogP contribution in [0.25, 0.3) is 11.0 Å². The standard InChI is InChI=1S/C24H20N2O6/c1-29-20-8-6-18(11-22(20)31-14-16-3-2-10-25-13-16)26-23(27)15-30-19-7-4-17-5-9-24(28)32-21(17)12-19/h2-13H,14-15H2,1H3,(H,26,27). The molecule has 0 spiro atoms. The quantitative estimate of drug-likeness (QED) is 0.423. The molecule has 0 aliphatic rings. The zero-order valence-corrected chi connectivity index (χ0v) is 17.2. The summed E-state index contributed by atoms with van der Waals surface area (Å²) in [5.41, 5.74) is 1.38. The number of hydrogen-bond donors (Lipinski definition) is 1. The Labute approximate surface area is 183 Å². The summed E-state index contributed by atoms with van der Waals surface area (Å²) in [7, 11) is 1.55. The highest BCUT2D eigenvalue weighted by Crippen LogP contribution is 2.31. The van der Waals surface area contributed by atoms with E-state index in [2.05, 4.69) is 10.3 Å². The summed E-state index contributed by atoms with van der Waals surface area (Å²) in [5.74, 6) is 1.08. The number of nitrogens with zero attached hydrogens (tertiary/aromatic N) is 1. The average molecular weight is 432 g/mol. The summed E-state index contributed by atoms with van der Waals surface area (Å²) in [6.45, 7) is 0.0866. The molecule has 4 rings (SSSR count). The lowest BCUT2D eigenvalue weighted by molar-refractivity contribution is -0.118. The van der Waals surface area contributed by atoms with Crippen LogP contribution < -0.4 is 25.2 Å². The lowest BCUT2D eigenvalue weighted by Gasteiger charge is -2.13. The van der Waals surface area contributed by atoms with Crippen molar-refractivity contribution in [2.75, 3.05) is 19.0 Å². The van der Waals surface area contributed by atoms with Gasteiger partial charge in [0, 0.05) is 47.2 Å². The molecule has 2 aromatic carbocycles. The molecule has 32 heavy (non-hydrogen) atoms. The molecule has 0 aliphatic heterocycles. The minimum atomic E-state index is -0.451. The van der Waals surface area contributed by atoms with Crippen molar-refractivity contribution < 1.29 is 23.4 Å². The lowest BCUT2D eigenvalue weighted by atomic mass is 10.2. The number of anilines is 1. The molecule has 2 aromatic heterocycles. The van der Waals surface area contributed by atoms with Gasteiger partial charge >= 0.3 is 5.63 Å². The van der Waals surface area contributed by atoms with E-state index in [-0.39, 0.29) is 12.5 Å². The summed E-state index contributed by atoms with van der Waals surface area (Å²) in [4.78, 5) is 27.8. The van der Waals surface area contributed by atoms with Gasteiger partial charge in [-0.1, -0.05) is 6.07 Å². The van der Waals surface area contributed by atoms with Gasteiger partial charge in [0.1, 0.15) is 17.9 Å². The van der Waals surface area contributed by atoms with Gasteiger partial charge in [0.25, 0.3) is 5.91 Å². The van der Waals surface area contributed by atoms with Gasteiger partial charge in [-0.15, -0.1) is 0 Å². The number of amides is 1. The van der Waals surface area contributed by atoms with Gasteiger partial charge in [-0.2, -0.15) is 0 Å². The second-order valence-electron chi connectivity index (χ2n) is 6.81. The van der Waals surface area contributed by atoms with Gasteiger partial charge in [0.15, 0.2) is 18.1 Å². The fraction of sp³-hybridized carbons (Fsp3) is 0.125. The van der Waals surface area contributed by atoms with Crippen LogP contribution in [0, 0.1) is 0 Å². The number of fused-ring (bicyclic) bond motifs is 1. The molecule has 1 amide bonds. The Bertz CT molecular complexity index is 1290. The van der Waals surface area contributed by atoms with E-state index in [4.69, 9.17) is 18.6 Å². The van der Waals surface area contributed by atoms with Gasteiger partial charge in [-0.3, -0.25) is 9.78 Å². The highest BCUT2D eigenvalue weighted by atomic mass is 16.5. The Morgan fingerprint density at radius 1 is 1.03 bits per heavy atom. The molecule has 0 saturated heterocycles. The largest absolute Gasteiger partial charge is 0.493 e. The molecule has 0 unspecified atom stereocenters. The lowest BCUT2D eigenvalue weighted by Crippen LogP contribution is -2.20. The number of rotatable bonds is 8. The van der Waals surface area contributed by atoms with Gasteiger partial charge in [0.05, 0.1) is 7.11 Å². The van der Waals surface area contributed by atoms with Crippen molar-refractivity contribution in [1.82, 2.24) is 4.98 Å². The van der Waals surface area contributed by atoms with Crippen LogP contribution in [0.2, 0.25) is 0 Å². The van der Waals surface area contributed by atoms with Gasteiger partial charge in [-0.05, 0) is 36.4 Å². The van der Waals surface area contributed by atoms with E-state index in [9.17, 15) is 9.59 Å². The highest BCUT2D eigenvalue weighted by molar-refractivity contribution is 5.92. The molecule has 0 atom stereocenters. The molecule has 0 bridgehead atoms. The third kappa shape index (κ3) is 5.23. The van der Waals surface area contributed by atoms with Crippen molar-refractivity contribution in [3.8, 4) is 17.2 Å². The molecular formula is C24H20N2O6. The van der Waals surface area contributed by atoms with Gasteiger partial charge in [0.2, 0.25) is 0 Å². The fourth-order valence-electron chi connectivity index (χ4n) is 2.99. The van der Waals surface area contributed by atoms with Crippen LogP contribution in [-0.4, -0.2) is 24.6 Å². The average Bonchev–Trinajstić information content (AvgIpc) is 2.82. The number of nitrogens with one attached hydrogen (secondary N) is 1. The molecule has 0 saturated carbocycles. The number of benzene rings is 2. The smallest absolute Gasteiger partial charge is 0.336 e. The number of pyridine rings is 1. The summed E-state index contributed by atoms with van der Waals surface area (Å²) < 4.78 is 21.8. The molecule has 162 valence electrons. The first-order valence-electron chi connectivity index (χ1n) is 9.77.